The number of likely N-dealkylation sites (N-methyl/N-ethyl adjacent to an activating group) is 1. The van der Waals surface area contributed by atoms with E-state index in [0.717, 1.165) is 5.56 Å². The Hall–Kier alpha value is -1.21. The standard InChI is InChI=1S/C17H22NOP/c1-14(17(19)15-10-6-4-7-11-15)18(2)20(3)16-12-8-5-9-13-16/h4-14,17,19H,1-3H3. The van der Waals surface area contributed by atoms with Crippen molar-refractivity contribution in [3.63, 3.8) is 0 Å². The highest BCUT2D eigenvalue weighted by Gasteiger charge is 2.24. The zero-order valence-corrected chi connectivity index (χ0v) is 13.2. The van der Waals surface area contributed by atoms with E-state index in [1.807, 2.05) is 36.4 Å². The SMILES string of the molecule is CC(C(O)c1ccccc1)N(C)P(C)c1ccccc1. The first kappa shape index (κ1) is 15.2. The molecule has 1 N–H and O–H groups in total. The normalized spacial score (nSPS) is 15.8. The monoisotopic (exact) mass is 287 g/mol. The van der Waals surface area contributed by atoms with Crippen LogP contribution >= 0.6 is 8.07 Å². The molecule has 0 aliphatic rings. The van der Waals surface area contributed by atoms with Gasteiger partial charge in [-0.15, -0.1) is 0 Å². The zero-order chi connectivity index (χ0) is 14.5. The van der Waals surface area contributed by atoms with Gasteiger partial charge in [0.1, 0.15) is 0 Å². The number of hydrogen-bond donors (Lipinski definition) is 1. The minimum absolute atomic E-state index is 0.0775. The van der Waals surface area contributed by atoms with Gasteiger partial charge in [-0.25, -0.2) is 0 Å². The van der Waals surface area contributed by atoms with E-state index in [2.05, 4.69) is 49.6 Å². The van der Waals surface area contributed by atoms with Gasteiger partial charge in [0.05, 0.1) is 6.10 Å². The van der Waals surface area contributed by atoms with Crippen molar-refractivity contribution in [2.45, 2.75) is 19.1 Å². The Balaban J connectivity index is 2.10. The van der Waals surface area contributed by atoms with Crippen molar-refractivity contribution in [3.05, 3.63) is 66.2 Å². The second kappa shape index (κ2) is 6.99. The van der Waals surface area contributed by atoms with E-state index < -0.39 is 14.2 Å². The van der Waals surface area contributed by atoms with Crippen molar-refractivity contribution in [2.24, 2.45) is 0 Å². The van der Waals surface area contributed by atoms with Gasteiger partial charge in [0, 0.05) is 6.04 Å². The molecule has 3 unspecified atom stereocenters. The van der Waals surface area contributed by atoms with Gasteiger partial charge in [0.15, 0.2) is 0 Å². The van der Waals surface area contributed by atoms with Crippen molar-refractivity contribution in [2.75, 3.05) is 13.7 Å². The summed E-state index contributed by atoms with van der Waals surface area (Å²) in [6.45, 7) is 4.32. The Labute approximate surface area is 122 Å². The number of benzene rings is 2. The smallest absolute Gasteiger partial charge is 0.0945 e. The summed E-state index contributed by atoms with van der Waals surface area (Å²) in [6, 6.07) is 20.4. The molecule has 0 aliphatic carbocycles. The molecule has 0 heterocycles. The molecule has 20 heavy (non-hydrogen) atoms. The lowest BCUT2D eigenvalue weighted by atomic mass is 10.0. The first-order valence-corrected chi connectivity index (χ1v) is 8.60. The Morgan fingerprint density at radius 2 is 1.45 bits per heavy atom. The van der Waals surface area contributed by atoms with Crippen molar-refractivity contribution in [3.8, 4) is 0 Å². The molecule has 2 rings (SSSR count). The molecule has 3 heteroatoms. The molecule has 106 valence electrons. The Morgan fingerprint density at radius 3 is 2.00 bits per heavy atom. The molecule has 0 fully saturated rings. The Bertz CT molecular complexity index is 468. The summed E-state index contributed by atoms with van der Waals surface area (Å²) < 4.78 is 2.28. The molecule has 0 spiro atoms. The van der Waals surface area contributed by atoms with E-state index >= 15 is 0 Å². The van der Waals surface area contributed by atoms with Crippen LogP contribution in [0.5, 0.6) is 0 Å². The molecule has 0 saturated carbocycles. The minimum Gasteiger partial charge on any atom is -0.387 e. The lowest BCUT2D eigenvalue weighted by molar-refractivity contribution is 0.110. The highest BCUT2D eigenvalue weighted by molar-refractivity contribution is 7.62. The third-order valence-corrected chi connectivity index (χ3v) is 6.15. The summed E-state index contributed by atoms with van der Waals surface area (Å²) >= 11 is 0. The predicted molar refractivity (Wildman–Crippen MR) is 87.5 cm³/mol. The van der Waals surface area contributed by atoms with E-state index in [9.17, 15) is 5.11 Å². The van der Waals surface area contributed by atoms with Crippen molar-refractivity contribution < 1.29 is 5.11 Å². The fraction of sp³-hybridized carbons (Fsp3) is 0.294. The number of aliphatic hydroxyl groups excluding tert-OH is 1. The van der Waals surface area contributed by atoms with Crippen molar-refractivity contribution >= 4 is 13.4 Å². The third-order valence-electron chi connectivity index (χ3n) is 3.79. The van der Waals surface area contributed by atoms with E-state index in [4.69, 9.17) is 0 Å². The van der Waals surface area contributed by atoms with Crippen LogP contribution in [0, 0.1) is 0 Å². The highest BCUT2D eigenvalue weighted by atomic mass is 31.1. The Morgan fingerprint density at radius 1 is 0.950 bits per heavy atom. The number of aliphatic hydroxyl groups is 1. The van der Waals surface area contributed by atoms with Gasteiger partial charge in [-0.1, -0.05) is 60.7 Å². The highest BCUT2D eigenvalue weighted by Crippen LogP contribution is 2.38. The largest absolute Gasteiger partial charge is 0.387 e. The minimum atomic E-state index is -0.463. The molecule has 3 atom stereocenters. The van der Waals surface area contributed by atoms with E-state index in [1.165, 1.54) is 5.30 Å². The molecular formula is C17H22NOP. The quantitative estimate of drug-likeness (QED) is 0.852. The molecule has 2 aromatic carbocycles. The summed E-state index contributed by atoms with van der Waals surface area (Å²) in [7, 11) is 1.67. The van der Waals surface area contributed by atoms with Gasteiger partial charge in [0.2, 0.25) is 0 Å². The molecule has 0 aromatic heterocycles. The summed E-state index contributed by atoms with van der Waals surface area (Å²) in [5.41, 5.74) is 0.975. The van der Waals surface area contributed by atoms with E-state index in [-0.39, 0.29) is 6.04 Å². The number of hydrogen-bond acceptors (Lipinski definition) is 2. The summed E-state index contributed by atoms with van der Waals surface area (Å²) in [4.78, 5) is 0. The van der Waals surface area contributed by atoms with Gasteiger partial charge >= 0.3 is 0 Å². The maximum Gasteiger partial charge on any atom is 0.0945 e. The fourth-order valence-corrected chi connectivity index (χ4v) is 3.87. The second-order valence-corrected chi connectivity index (χ2v) is 7.22. The maximum absolute atomic E-state index is 10.5. The summed E-state index contributed by atoms with van der Waals surface area (Å²) in [5, 5.41) is 11.9. The van der Waals surface area contributed by atoms with Crippen molar-refractivity contribution in [1.29, 1.82) is 0 Å². The van der Waals surface area contributed by atoms with Crippen LogP contribution in [0.1, 0.15) is 18.6 Å². The molecule has 2 aromatic rings. The summed E-state index contributed by atoms with van der Waals surface area (Å²) in [6.07, 6.45) is -0.463. The number of nitrogens with zero attached hydrogens (tertiary/aromatic N) is 1. The van der Waals surface area contributed by atoms with Crippen LogP contribution in [0.25, 0.3) is 0 Å². The summed E-state index contributed by atoms with van der Waals surface area (Å²) in [5.74, 6) is 0. The van der Waals surface area contributed by atoms with Crippen LogP contribution in [-0.2, 0) is 0 Å². The third kappa shape index (κ3) is 3.46. The molecule has 0 radical (unpaired) electrons. The van der Waals surface area contributed by atoms with Crippen LogP contribution < -0.4 is 5.30 Å². The van der Waals surface area contributed by atoms with Gasteiger partial charge < -0.3 is 5.11 Å². The molecule has 0 amide bonds. The lowest BCUT2D eigenvalue weighted by Crippen LogP contribution is -2.32. The molecule has 2 nitrogen and oxygen atoms in total. The Kier molecular flexibility index (Phi) is 5.31. The molecular weight excluding hydrogens is 265 g/mol. The van der Waals surface area contributed by atoms with Crippen molar-refractivity contribution in [1.82, 2.24) is 4.67 Å². The van der Waals surface area contributed by atoms with Crippen LogP contribution in [0.4, 0.5) is 0 Å². The van der Waals surface area contributed by atoms with E-state index in [1.54, 1.807) is 0 Å². The van der Waals surface area contributed by atoms with E-state index in [0.29, 0.717) is 0 Å². The topological polar surface area (TPSA) is 23.5 Å². The average molecular weight is 287 g/mol. The van der Waals surface area contributed by atoms with Gasteiger partial charge in [-0.3, -0.25) is 4.67 Å². The predicted octanol–water partition coefficient (Wildman–Crippen LogP) is 3.39. The van der Waals surface area contributed by atoms with Crippen LogP contribution in [0.15, 0.2) is 60.7 Å². The van der Waals surface area contributed by atoms with Crippen LogP contribution in [-0.4, -0.2) is 29.5 Å². The average Bonchev–Trinajstić information content (AvgIpc) is 2.53. The van der Waals surface area contributed by atoms with Gasteiger partial charge in [0.25, 0.3) is 0 Å². The number of rotatable bonds is 5. The lowest BCUT2D eigenvalue weighted by Gasteiger charge is -2.34. The van der Waals surface area contributed by atoms with Gasteiger partial charge in [-0.05, 0) is 39.6 Å². The molecule has 0 aliphatic heterocycles. The fourth-order valence-electron chi connectivity index (χ4n) is 2.23. The molecule has 0 saturated heterocycles. The van der Waals surface area contributed by atoms with Gasteiger partial charge in [-0.2, -0.15) is 0 Å². The van der Waals surface area contributed by atoms with Crippen LogP contribution in [0.2, 0.25) is 0 Å². The first-order chi connectivity index (χ1) is 9.61. The first-order valence-electron chi connectivity index (χ1n) is 6.86. The second-order valence-electron chi connectivity index (χ2n) is 5.03. The molecule has 0 bridgehead atoms. The maximum atomic E-state index is 10.5. The zero-order valence-electron chi connectivity index (χ0n) is 12.3. The van der Waals surface area contributed by atoms with Crippen LogP contribution in [0.3, 0.4) is 0 Å².